The molecule has 3 heteroatoms. The summed E-state index contributed by atoms with van der Waals surface area (Å²) in [6.07, 6.45) is 0. The van der Waals surface area contributed by atoms with Crippen molar-refractivity contribution in [2.24, 2.45) is 0 Å². The van der Waals surface area contributed by atoms with Crippen molar-refractivity contribution in [2.45, 2.75) is 13.5 Å². The number of hydrogen-bond acceptors (Lipinski definition) is 2. The van der Waals surface area contributed by atoms with Crippen molar-refractivity contribution in [3.63, 3.8) is 0 Å². The molecule has 0 aliphatic heterocycles. The molecule has 0 atom stereocenters. The molecule has 0 aliphatic carbocycles. The van der Waals surface area contributed by atoms with Crippen molar-refractivity contribution >= 4 is 32.6 Å². The summed E-state index contributed by atoms with van der Waals surface area (Å²) in [5.41, 5.74) is 3.25. The van der Waals surface area contributed by atoms with Crippen molar-refractivity contribution in [1.29, 1.82) is 0 Å². The van der Waals surface area contributed by atoms with Crippen LogP contribution in [-0.4, -0.2) is 0 Å². The Morgan fingerprint density at radius 1 is 1.11 bits per heavy atom. The van der Waals surface area contributed by atoms with Gasteiger partial charge >= 0.3 is 0 Å². The molecule has 19 heavy (non-hydrogen) atoms. The van der Waals surface area contributed by atoms with Gasteiger partial charge in [-0.3, -0.25) is 0 Å². The number of nitrogens with one attached hydrogen (secondary N) is 1. The highest BCUT2D eigenvalue weighted by atomic mass is 79.9. The molecule has 1 heterocycles. The molecule has 96 valence electrons. The fraction of sp³-hybridized carbons (Fsp3) is 0.125. The maximum Gasteiger partial charge on any atom is 0.134 e. The highest BCUT2D eigenvalue weighted by Crippen LogP contribution is 2.22. The Balaban J connectivity index is 1.78. The molecule has 1 aromatic heterocycles. The van der Waals surface area contributed by atoms with Crippen molar-refractivity contribution in [3.05, 3.63) is 64.3 Å². The highest BCUT2D eigenvalue weighted by Gasteiger charge is 2.03. The van der Waals surface area contributed by atoms with E-state index in [0.717, 1.165) is 26.9 Å². The summed E-state index contributed by atoms with van der Waals surface area (Å²) < 4.78 is 6.86. The third kappa shape index (κ3) is 2.82. The van der Waals surface area contributed by atoms with Crippen molar-refractivity contribution in [3.8, 4) is 0 Å². The van der Waals surface area contributed by atoms with Gasteiger partial charge in [-0.2, -0.15) is 0 Å². The fourth-order valence-corrected chi connectivity index (χ4v) is 2.76. The normalized spacial score (nSPS) is 10.8. The molecule has 0 unspecified atom stereocenters. The molecule has 0 amide bonds. The lowest BCUT2D eigenvalue weighted by Gasteiger charge is -2.06. The lowest BCUT2D eigenvalue weighted by Crippen LogP contribution is -1.98. The van der Waals surface area contributed by atoms with Gasteiger partial charge in [0.25, 0.3) is 0 Å². The number of furan rings is 1. The van der Waals surface area contributed by atoms with Gasteiger partial charge < -0.3 is 9.73 Å². The first kappa shape index (κ1) is 12.3. The number of fused-ring (bicyclic) bond motifs is 1. The quantitative estimate of drug-likeness (QED) is 0.726. The highest BCUT2D eigenvalue weighted by molar-refractivity contribution is 9.10. The molecule has 0 spiro atoms. The van der Waals surface area contributed by atoms with Crippen molar-refractivity contribution in [2.75, 3.05) is 5.32 Å². The minimum Gasteiger partial charge on any atom is -0.459 e. The molecular weight excluding hydrogens is 302 g/mol. The third-order valence-electron chi connectivity index (χ3n) is 2.99. The van der Waals surface area contributed by atoms with Crippen LogP contribution in [0.15, 0.2) is 57.4 Å². The molecule has 1 N–H and O–H groups in total. The Kier molecular flexibility index (Phi) is 3.30. The number of hydrogen-bond donors (Lipinski definition) is 1. The van der Waals surface area contributed by atoms with E-state index in [1.807, 2.05) is 18.2 Å². The summed E-state index contributed by atoms with van der Waals surface area (Å²) in [6.45, 7) is 2.77. The maximum absolute atomic E-state index is 5.78. The van der Waals surface area contributed by atoms with Gasteiger partial charge in [-0.15, -0.1) is 0 Å². The van der Waals surface area contributed by atoms with Gasteiger partial charge in [-0.05, 0) is 42.8 Å². The number of benzene rings is 2. The van der Waals surface area contributed by atoms with Crippen LogP contribution in [0.3, 0.4) is 0 Å². The third-order valence-corrected chi connectivity index (χ3v) is 3.44. The number of anilines is 1. The average molecular weight is 316 g/mol. The van der Waals surface area contributed by atoms with Gasteiger partial charge in [0.1, 0.15) is 11.3 Å². The average Bonchev–Trinajstić information content (AvgIpc) is 2.78. The Morgan fingerprint density at radius 3 is 2.74 bits per heavy atom. The van der Waals surface area contributed by atoms with Gasteiger partial charge in [-0.1, -0.05) is 34.1 Å². The monoisotopic (exact) mass is 315 g/mol. The van der Waals surface area contributed by atoms with Gasteiger partial charge in [-0.25, -0.2) is 0 Å². The lowest BCUT2D eigenvalue weighted by molar-refractivity contribution is 0.559. The number of aryl methyl sites for hydroxylation is 1. The molecule has 0 radical (unpaired) electrons. The fourth-order valence-electron chi connectivity index (χ4n) is 2.15. The van der Waals surface area contributed by atoms with Gasteiger partial charge in [0.15, 0.2) is 0 Å². The summed E-state index contributed by atoms with van der Waals surface area (Å²) in [6, 6.07) is 16.4. The van der Waals surface area contributed by atoms with E-state index in [1.165, 1.54) is 5.56 Å². The van der Waals surface area contributed by atoms with E-state index >= 15 is 0 Å². The van der Waals surface area contributed by atoms with Gasteiger partial charge in [0, 0.05) is 15.5 Å². The summed E-state index contributed by atoms with van der Waals surface area (Å²) in [5, 5.41) is 4.52. The zero-order chi connectivity index (χ0) is 13.2. The predicted octanol–water partition coefficient (Wildman–Crippen LogP) is 5.12. The lowest BCUT2D eigenvalue weighted by atomic mass is 10.2. The largest absolute Gasteiger partial charge is 0.459 e. The van der Waals surface area contributed by atoms with Gasteiger partial charge in [0.2, 0.25) is 0 Å². The number of halogens is 1. The first-order valence-electron chi connectivity index (χ1n) is 6.19. The zero-order valence-corrected chi connectivity index (χ0v) is 12.2. The molecule has 0 saturated carbocycles. The zero-order valence-electron chi connectivity index (χ0n) is 10.6. The molecule has 0 fully saturated rings. The van der Waals surface area contributed by atoms with E-state index in [9.17, 15) is 0 Å². The minimum atomic E-state index is 0.685. The van der Waals surface area contributed by atoms with Crippen LogP contribution in [0, 0.1) is 6.92 Å². The van der Waals surface area contributed by atoms with E-state index in [2.05, 4.69) is 58.5 Å². The van der Waals surface area contributed by atoms with E-state index in [4.69, 9.17) is 4.42 Å². The van der Waals surface area contributed by atoms with Crippen molar-refractivity contribution < 1.29 is 4.42 Å². The Morgan fingerprint density at radius 2 is 1.95 bits per heavy atom. The molecule has 3 aromatic rings. The molecule has 2 aromatic carbocycles. The second kappa shape index (κ2) is 5.10. The van der Waals surface area contributed by atoms with E-state index in [0.29, 0.717) is 6.54 Å². The summed E-state index contributed by atoms with van der Waals surface area (Å²) >= 11 is 3.50. The van der Waals surface area contributed by atoms with Crippen LogP contribution in [-0.2, 0) is 6.54 Å². The van der Waals surface area contributed by atoms with E-state index < -0.39 is 0 Å². The van der Waals surface area contributed by atoms with Crippen LogP contribution >= 0.6 is 15.9 Å². The molecule has 0 saturated heterocycles. The van der Waals surface area contributed by atoms with Gasteiger partial charge in [0.05, 0.1) is 6.54 Å². The topological polar surface area (TPSA) is 25.2 Å². The van der Waals surface area contributed by atoms with Crippen LogP contribution in [0.4, 0.5) is 5.69 Å². The first-order chi connectivity index (χ1) is 9.20. The maximum atomic E-state index is 5.78. The Labute approximate surface area is 120 Å². The van der Waals surface area contributed by atoms with Crippen LogP contribution in [0.5, 0.6) is 0 Å². The van der Waals surface area contributed by atoms with Crippen LogP contribution in [0.2, 0.25) is 0 Å². The Bertz CT molecular complexity index is 664. The standard InChI is InChI=1S/C16H14BrNO/c1-11-6-13(17)9-14(7-11)18-10-15-8-12-4-2-3-5-16(12)19-15/h2-9,18H,10H2,1H3. The van der Waals surface area contributed by atoms with Crippen LogP contribution in [0.25, 0.3) is 11.0 Å². The molecular formula is C16H14BrNO. The minimum absolute atomic E-state index is 0.685. The Hall–Kier alpha value is -1.74. The van der Waals surface area contributed by atoms with E-state index in [-0.39, 0.29) is 0 Å². The summed E-state index contributed by atoms with van der Waals surface area (Å²) in [7, 11) is 0. The van der Waals surface area contributed by atoms with Crippen molar-refractivity contribution in [1.82, 2.24) is 0 Å². The molecule has 3 rings (SSSR count). The smallest absolute Gasteiger partial charge is 0.134 e. The second-order valence-corrected chi connectivity index (χ2v) is 5.54. The number of rotatable bonds is 3. The molecule has 2 nitrogen and oxygen atoms in total. The molecule has 0 aliphatic rings. The summed E-state index contributed by atoms with van der Waals surface area (Å²) in [5.74, 6) is 0.943. The van der Waals surface area contributed by atoms with E-state index in [1.54, 1.807) is 0 Å². The van der Waals surface area contributed by atoms with Crippen LogP contribution in [0.1, 0.15) is 11.3 Å². The second-order valence-electron chi connectivity index (χ2n) is 4.62. The van der Waals surface area contributed by atoms with Crippen LogP contribution < -0.4 is 5.32 Å². The predicted molar refractivity (Wildman–Crippen MR) is 82.4 cm³/mol. The SMILES string of the molecule is Cc1cc(Br)cc(NCc2cc3ccccc3o2)c1. The summed E-state index contributed by atoms with van der Waals surface area (Å²) in [4.78, 5) is 0. The number of para-hydroxylation sites is 1. The molecule has 0 bridgehead atoms. The first-order valence-corrected chi connectivity index (χ1v) is 6.98.